The summed E-state index contributed by atoms with van der Waals surface area (Å²) in [7, 11) is 0. The van der Waals surface area contributed by atoms with Gasteiger partial charge in [-0.15, -0.1) is 0 Å². The Morgan fingerprint density at radius 1 is 0.754 bits per heavy atom. The predicted molar refractivity (Wildman–Crippen MR) is 228 cm³/mol. The third-order valence-electron chi connectivity index (χ3n) is 10.5. The molecule has 0 aromatic heterocycles. The van der Waals surface area contributed by atoms with Crippen LogP contribution >= 0.6 is 0 Å². The number of aliphatic hydroxyl groups is 2. The first-order valence-electron chi connectivity index (χ1n) is 21.8. The van der Waals surface area contributed by atoms with E-state index in [1.165, 1.54) is 26.7 Å². The van der Waals surface area contributed by atoms with Crippen LogP contribution in [0.3, 0.4) is 0 Å². The predicted octanol–water partition coefficient (Wildman–Crippen LogP) is 0.550. The molecule has 0 bridgehead atoms. The summed E-state index contributed by atoms with van der Waals surface area (Å²) in [6.45, 7) is 10.9. The standard InChI is InChI=1S/C42H74N8O11/c1-24(2)30-21-33(53)32(47-35(55)20-29(52)18-16-14-12-10-8-9-11-13-15-17-19-45-28(7)43)23-61-42(60)26(5)46-39(57)31(22-34(44)54)48-41(59)37(27(6)51)50-40(58)36(25(3)4)49-38(30)56/h24-27,29-32,36-37,51-52H,8-23H2,1-7H3,(H2,43,45)(H2,44,54)(H,46,57)(H,47,55)(H,48,59)(H,49,56)(H,50,58). The van der Waals surface area contributed by atoms with Gasteiger partial charge in [0, 0.05) is 18.9 Å². The van der Waals surface area contributed by atoms with Gasteiger partial charge in [-0.05, 0) is 45.4 Å². The summed E-state index contributed by atoms with van der Waals surface area (Å²) in [6.07, 6.45) is 6.81. The van der Waals surface area contributed by atoms with Crippen molar-refractivity contribution in [3.63, 3.8) is 0 Å². The van der Waals surface area contributed by atoms with Crippen molar-refractivity contribution in [2.24, 2.45) is 34.2 Å². The molecule has 348 valence electrons. The molecular formula is C42H74N8O11. The fraction of sp³-hybridized carbons (Fsp3) is 0.786. The number of carbonyl (C=O) groups is 8. The van der Waals surface area contributed by atoms with Crippen LogP contribution in [0.4, 0.5) is 0 Å². The Morgan fingerprint density at radius 2 is 1.30 bits per heavy atom. The maximum atomic E-state index is 13.9. The Balaban J connectivity index is 3.11. The highest BCUT2D eigenvalue weighted by molar-refractivity contribution is 5.98. The third kappa shape index (κ3) is 22.1. The Morgan fingerprint density at radius 3 is 1.82 bits per heavy atom. The largest absolute Gasteiger partial charge is 0.461 e. The lowest BCUT2D eigenvalue weighted by Gasteiger charge is -2.29. The normalized spacial score (nSPS) is 24.0. The van der Waals surface area contributed by atoms with Crippen LogP contribution in [0.2, 0.25) is 0 Å². The highest BCUT2D eigenvalue weighted by Gasteiger charge is 2.37. The second-order valence-corrected chi connectivity index (χ2v) is 16.9. The van der Waals surface area contributed by atoms with Crippen molar-refractivity contribution >= 4 is 53.0 Å². The number of amidine groups is 1. The van der Waals surface area contributed by atoms with Crippen molar-refractivity contribution in [3.05, 3.63) is 0 Å². The molecule has 1 aliphatic heterocycles. The van der Waals surface area contributed by atoms with E-state index < -0.39 is 127 Å². The van der Waals surface area contributed by atoms with Gasteiger partial charge in [-0.2, -0.15) is 0 Å². The molecule has 0 spiro atoms. The summed E-state index contributed by atoms with van der Waals surface area (Å²) in [5.41, 5.74) is 10.9. The van der Waals surface area contributed by atoms with Crippen molar-refractivity contribution in [3.8, 4) is 0 Å². The first-order valence-corrected chi connectivity index (χ1v) is 21.8. The van der Waals surface area contributed by atoms with E-state index in [1.54, 1.807) is 34.6 Å². The van der Waals surface area contributed by atoms with Crippen molar-refractivity contribution in [2.75, 3.05) is 13.2 Å². The Labute approximate surface area is 360 Å². The molecule has 0 radical (unpaired) electrons. The minimum Gasteiger partial charge on any atom is -0.461 e. The molecule has 19 heteroatoms. The lowest BCUT2D eigenvalue weighted by Crippen LogP contribution is -2.61. The molecule has 1 saturated heterocycles. The summed E-state index contributed by atoms with van der Waals surface area (Å²) >= 11 is 0. The summed E-state index contributed by atoms with van der Waals surface area (Å²) in [5, 5.41) is 33.3. The number of rotatable bonds is 21. The number of carbonyl (C=O) groups excluding carboxylic acids is 8. The van der Waals surface area contributed by atoms with E-state index in [4.69, 9.17) is 16.2 Å². The van der Waals surface area contributed by atoms with Gasteiger partial charge in [0.15, 0.2) is 5.78 Å². The quantitative estimate of drug-likeness (QED) is 0.0331. The lowest BCUT2D eigenvalue weighted by atomic mass is 9.87. The molecule has 11 N–H and O–H groups in total. The average molecular weight is 867 g/mol. The van der Waals surface area contributed by atoms with Gasteiger partial charge >= 0.3 is 5.97 Å². The number of amides is 6. The van der Waals surface area contributed by atoms with Gasteiger partial charge in [-0.3, -0.25) is 38.6 Å². The van der Waals surface area contributed by atoms with Gasteiger partial charge in [-0.25, -0.2) is 4.79 Å². The summed E-state index contributed by atoms with van der Waals surface area (Å²) < 4.78 is 5.36. The molecule has 8 atom stereocenters. The van der Waals surface area contributed by atoms with Crippen molar-refractivity contribution in [2.45, 2.75) is 181 Å². The Hall–Kier alpha value is -4.65. The molecule has 1 aliphatic rings. The molecule has 0 aromatic rings. The molecule has 6 amide bonds. The number of primary amides is 1. The number of aliphatic imine (C=N–C) groups is 1. The minimum absolute atomic E-state index is 0.333. The van der Waals surface area contributed by atoms with Crippen LogP contribution in [0.15, 0.2) is 4.99 Å². The third-order valence-corrected chi connectivity index (χ3v) is 10.5. The fourth-order valence-electron chi connectivity index (χ4n) is 6.71. The smallest absolute Gasteiger partial charge is 0.328 e. The number of esters is 1. The average Bonchev–Trinajstić information content (AvgIpc) is 3.16. The van der Waals surface area contributed by atoms with E-state index in [2.05, 4.69) is 31.6 Å². The molecule has 0 aliphatic carbocycles. The first-order chi connectivity index (χ1) is 28.6. The first kappa shape index (κ1) is 54.4. The van der Waals surface area contributed by atoms with E-state index in [9.17, 15) is 48.6 Å². The number of ketones is 1. The zero-order valence-electron chi connectivity index (χ0n) is 37.3. The lowest BCUT2D eigenvalue weighted by molar-refractivity contribution is -0.150. The highest BCUT2D eigenvalue weighted by Crippen LogP contribution is 2.19. The zero-order valence-corrected chi connectivity index (χ0v) is 37.3. The van der Waals surface area contributed by atoms with Crippen molar-refractivity contribution < 1.29 is 53.3 Å². The topological polar surface area (TPSA) is 311 Å². The summed E-state index contributed by atoms with van der Waals surface area (Å²) in [6, 6.07) is -7.41. The number of unbranched alkanes of at least 4 members (excludes halogenated alkanes) is 9. The zero-order chi connectivity index (χ0) is 46.2. The molecular weight excluding hydrogens is 793 g/mol. The molecule has 0 aromatic carbocycles. The SMILES string of the molecule is CC(N)=NCCCCCCCCCCCCC(O)CC(=O)NC1COC(=O)C(C)NC(=O)C(CC(N)=O)NC(=O)C(C(C)O)NC(=O)C(C(C)C)NC(=O)C(C(C)C)CC1=O. The second-order valence-electron chi connectivity index (χ2n) is 16.9. The Kier molecular flexibility index (Phi) is 25.7. The van der Waals surface area contributed by atoms with Gasteiger partial charge in [-0.1, -0.05) is 85.5 Å². The maximum Gasteiger partial charge on any atom is 0.328 e. The number of hydrogen-bond acceptors (Lipinski definition) is 12. The van der Waals surface area contributed by atoms with E-state index in [-0.39, 0.29) is 6.42 Å². The molecule has 1 rings (SSSR count). The van der Waals surface area contributed by atoms with Crippen molar-refractivity contribution in [1.82, 2.24) is 26.6 Å². The molecule has 0 saturated carbocycles. The van der Waals surface area contributed by atoms with E-state index in [0.717, 1.165) is 51.5 Å². The van der Waals surface area contributed by atoms with Gasteiger partial charge in [0.05, 0.1) is 30.9 Å². The van der Waals surface area contributed by atoms with Crippen LogP contribution in [-0.2, 0) is 43.1 Å². The van der Waals surface area contributed by atoms with Crippen molar-refractivity contribution in [1.29, 1.82) is 0 Å². The van der Waals surface area contributed by atoms with E-state index >= 15 is 0 Å². The minimum atomic E-state index is -1.66. The molecule has 1 heterocycles. The number of aliphatic hydroxyl groups excluding tert-OH is 2. The molecule has 8 unspecified atom stereocenters. The van der Waals surface area contributed by atoms with Crippen LogP contribution in [0.25, 0.3) is 0 Å². The number of nitrogens with one attached hydrogen (secondary N) is 5. The number of nitrogens with two attached hydrogens (primary N) is 2. The molecule has 1 fully saturated rings. The van der Waals surface area contributed by atoms with Crippen LogP contribution in [0, 0.1) is 17.8 Å². The molecule has 61 heavy (non-hydrogen) atoms. The highest BCUT2D eigenvalue weighted by atomic mass is 16.5. The van der Waals surface area contributed by atoms with Gasteiger partial charge in [0.2, 0.25) is 35.4 Å². The summed E-state index contributed by atoms with van der Waals surface area (Å²) in [5.74, 6) is -8.46. The van der Waals surface area contributed by atoms with Gasteiger partial charge < -0.3 is 53.0 Å². The second kappa shape index (κ2) is 28.8. The molecule has 19 nitrogen and oxygen atoms in total. The number of Topliss-reactive ketones (excluding diaryl/α,β-unsaturated/α-hetero) is 1. The van der Waals surface area contributed by atoms with Gasteiger partial charge in [0.25, 0.3) is 0 Å². The van der Waals surface area contributed by atoms with Crippen LogP contribution < -0.4 is 38.1 Å². The van der Waals surface area contributed by atoms with Crippen LogP contribution in [0.1, 0.15) is 138 Å². The van der Waals surface area contributed by atoms with Crippen LogP contribution in [-0.4, -0.2) is 119 Å². The van der Waals surface area contributed by atoms with E-state index in [0.29, 0.717) is 18.7 Å². The van der Waals surface area contributed by atoms with E-state index in [1.807, 2.05) is 0 Å². The number of hydrogen-bond donors (Lipinski definition) is 9. The maximum absolute atomic E-state index is 13.9. The number of nitrogens with zero attached hydrogens (tertiary/aromatic N) is 1. The summed E-state index contributed by atoms with van der Waals surface area (Å²) in [4.78, 5) is 110. The number of ether oxygens (including phenoxy) is 1. The van der Waals surface area contributed by atoms with Gasteiger partial charge in [0.1, 0.15) is 36.8 Å². The Bertz CT molecular complexity index is 1480. The number of cyclic esters (lactones) is 1. The monoisotopic (exact) mass is 867 g/mol. The van der Waals surface area contributed by atoms with Crippen LogP contribution in [0.5, 0.6) is 0 Å². The fourth-order valence-corrected chi connectivity index (χ4v) is 6.71.